The minimum atomic E-state index is -0.587. The predicted molar refractivity (Wildman–Crippen MR) is 101 cm³/mol. The van der Waals surface area contributed by atoms with Crippen LogP contribution in [0.4, 0.5) is 0 Å². The van der Waals surface area contributed by atoms with Crippen molar-refractivity contribution in [3.8, 4) is 0 Å². The van der Waals surface area contributed by atoms with Crippen molar-refractivity contribution in [3.05, 3.63) is 0 Å². The molecule has 0 spiro atoms. The summed E-state index contributed by atoms with van der Waals surface area (Å²) in [5, 5.41) is 13.9. The van der Waals surface area contributed by atoms with Crippen molar-refractivity contribution >= 4 is 29.9 Å². The summed E-state index contributed by atoms with van der Waals surface area (Å²) >= 11 is 0. The number of nitrogens with one attached hydrogen (secondary N) is 1. The van der Waals surface area contributed by atoms with Gasteiger partial charge in [0.05, 0.1) is 18.8 Å². The largest absolute Gasteiger partial charge is 0.388 e. The summed E-state index contributed by atoms with van der Waals surface area (Å²) in [7, 11) is 2.07. The van der Waals surface area contributed by atoms with E-state index in [9.17, 15) is 5.11 Å². The van der Waals surface area contributed by atoms with E-state index in [0.29, 0.717) is 12.5 Å². The van der Waals surface area contributed by atoms with Gasteiger partial charge in [-0.15, -0.1) is 24.0 Å². The van der Waals surface area contributed by atoms with Crippen molar-refractivity contribution in [3.63, 3.8) is 0 Å². The smallest absolute Gasteiger partial charge is 0.193 e. The Balaban J connectivity index is 0.00000242. The van der Waals surface area contributed by atoms with E-state index in [4.69, 9.17) is 9.73 Å². The molecular formula is C16H32IN3O2. The standard InChI is InChI=1S/C16H31N3O2.HI/c1-3-17-15(19(2)11-14-7-10-21-12-14)18-13-16(20)8-5-4-6-9-16;/h14,20H,3-13H2,1-2H3,(H,17,18);1H. The number of aliphatic hydroxyl groups is 1. The highest BCUT2D eigenvalue weighted by atomic mass is 127. The van der Waals surface area contributed by atoms with Gasteiger partial charge in [-0.05, 0) is 26.2 Å². The Morgan fingerprint density at radius 1 is 1.36 bits per heavy atom. The van der Waals surface area contributed by atoms with Crippen LogP contribution in [0.2, 0.25) is 0 Å². The first-order valence-electron chi connectivity index (χ1n) is 8.42. The van der Waals surface area contributed by atoms with Crippen LogP contribution in [0.1, 0.15) is 45.4 Å². The molecule has 5 nitrogen and oxygen atoms in total. The molecule has 1 heterocycles. The summed E-state index contributed by atoms with van der Waals surface area (Å²) in [5.74, 6) is 1.50. The molecule has 1 atom stereocenters. The molecule has 22 heavy (non-hydrogen) atoms. The Morgan fingerprint density at radius 3 is 2.68 bits per heavy atom. The number of aliphatic imine (C=N–C) groups is 1. The Morgan fingerprint density at radius 2 is 2.09 bits per heavy atom. The number of hydrogen-bond donors (Lipinski definition) is 2. The van der Waals surface area contributed by atoms with Gasteiger partial charge in [0, 0.05) is 32.7 Å². The molecule has 0 amide bonds. The number of rotatable bonds is 5. The first-order chi connectivity index (χ1) is 10.1. The van der Waals surface area contributed by atoms with Gasteiger partial charge in [-0.2, -0.15) is 0 Å². The molecule has 0 aromatic rings. The van der Waals surface area contributed by atoms with Crippen LogP contribution in [-0.2, 0) is 4.74 Å². The molecule has 1 saturated heterocycles. The van der Waals surface area contributed by atoms with E-state index >= 15 is 0 Å². The number of halogens is 1. The van der Waals surface area contributed by atoms with Crippen LogP contribution in [0, 0.1) is 5.92 Å². The summed E-state index contributed by atoms with van der Waals surface area (Å²) in [6.07, 6.45) is 6.39. The lowest BCUT2D eigenvalue weighted by atomic mass is 9.85. The van der Waals surface area contributed by atoms with E-state index in [0.717, 1.165) is 64.4 Å². The molecule has 1 saturated carbocycles. The molecule has 1 aliphatic carbocycles. The third-order valence-corrected chi connectivity index (χ3v) is 4.56. The Hall–Kier alpha value is -0.0800. The first kappa shape index (κ1) is 20.0. The first-order valence-corrected chi connectivity index (χ1v) is 8.42. The van der Waals surface area contributed by atoms with E-state index in [-0.39, 0.29) is 24.0 Å². The van der Waals surface area contributed by atoms with Gasteiger partial charge in [0.15, 0.2) is 5.96 Å². The van der Waals surface area contributed by atoms with E-state index in [1.165, 1.54) is 6.42 Å². The van der Waals surface area contributed by atoms with Gasteiger partial charge >= 0.3 is 0 Å². The fourth-order valence-electron chi connectivity index (χ4n) is 3.26. The Kier molecular flexibility index (Phi) is 9.01. The molecule has 1 unspecified atom stereocenters. The highest BCUT2D eigenvalue weighted by Crippen LogP contribution is 2.28. The molecule has 0 aromatic heterocycles. The van der Waals surface area contributed by atoms with Crippen molar-refractivity contribution < 1.29 is 9.84 Å². The summed E-state index contributed by atoms with van der Waals surface area (Å²) in [4.78, 5) is 6.87. The van der Waals surface area contributed by atoms with Crippen molar-refractivity contribution in [2.24, 2.45) is 10.9 Å². The van der Waals surface area contributed by atoms with E-state index in [2.05, 4.69) is 24.2 Å². The fraction of sp³-hybridized carbons (Fsp3) is 0.938. The Bertz CT molecular complexity index is 340. The zero-order valence-electron chi connectivity index (χ0n) is 14.0. The van der Waals surface area contributed by atoms with Crippen LogP contribution in [0.15, 0.2) is 4.99 Å². The summed E-state index contributed by atoms with van der Waals surface area (Å²) in [6.45, 7) is 6.14. The quantitative estimate of drug-likeness (QED) is 0.403. The van der Waals surface area contributed by atoms with Gasteiger partial charge in [0.1, 0.15) is 0 Å². The maximum absolute atomic E-state index is 10.6. The van der Waals surface area contributed by atoms with E-state index < -0.39 is 5.60 Å². The van der Waals surface area contributed by atoms with Gasteiger partial charge in [-0.3, -0.25) is 4.99 Å². The van der Waals surface area contributed by atoms with Crippen LogP contribution in [0.25, 0.3) is 0 Å². The molecule has 0 aromatic carbocycles. The molecule has 0 bridgehead atoms. The van der Waals surface area contributed by atoms with Crippen LogP contribution in [0.3, 0.4) is 0 Å². The van der Waals surface area contributed by atoms with Crippen molar-refractivity contribution in [1.29, 1.82) is 0 Å². The average Bonchev–Trinajstić information content (AvgIpc) is 2.97. The van der Waals surface area contributed by atoms with Crippen LogP contribution < -0.4 is 5.32 Å². The number of hydrogen-bond acceptors (Lipinski definition) is 3. The highest BCUT2D eigenvalue weighted by Gasteiger charge is 2.29. The van der Waals surface area contributed by atoms with Gasteiger partial charge in [0.25, 0.3) is 0 Å². The number of guanidine groups is 1. The molecule has 6 heteroatoms. The maximum Gasteiger partial charge on any atom is 0.193 e. The predicted octanol–water partition coefficient (Wildman–Crippen LogP) is 2.23. The number of nitrogens with zero attached hydrogens (tertiary/aromatic N) is 2. The third-order valence-electron chi connectivity index (χ3n) is 4.56. The zero-order valence-corrected chi connectivity index (χ0v) is 16.3. The third kappa shape index (κ3) is 6.20. The SMILES string of the molecule is CCNC(=NCC1(O)CCCCC1)N(C)CC1CCOC1.I. The molecule has 2 aliphatic rings. The monoisotopic (exact) mass is 425 g/mol. The van der Waals surface area contributed by atoms with Gasteiger partial charge < -0.3 is 20.1 Å². The van der Waals surface area contributed by atoms with Crippen molar-refractivity contribution in [2.45, 2.75) is 51.0 Å². The van der Waals surface area contributed by atoms with E-state index in [1.807, 2.05) is 0 Å². The second-order valence-corrected chi connectivity index (χ2v) is 6.57. The molecular weight excluding hydrogens is 393 g/mol. The normalized spacial score (nSPS) is 24.7. The Labute approximate surface area is 151 Å². The lowest BCUT2D eigenvalue weighted by Crippen LogP contribution is -2.43. The van der Waals surface area contributed by atoms with Crippen molar-refractivity contribution in [2.75, 3.05) is 39.9 Å². The fourth-order valence-corrected chi connectivity index (χ4v) is 3.26. The second kappa shape index (κ2) is 9.93. The van der Waals surface area contributed by atoms with E-state index in [1.54, 1.807) is 0 Å². The van der Waals surface area contributed by atoms with Crippen LogP contribution in [0.5, 0.6) is 0 Å². The van der Waals surface area contributed by atoms with Crippen molar-refractivity contribution in [1.82, 2.24) is 10.2 Å². The minimum Gasteiger partial charge on any atom is -0.388 e. The topological polar surface area (TPSA) is 57.1 Å². The van der Waals surface area contributed by atoms with Gasteiger partial charge in [-0.1, -0.05) is 19.3 Å². The summed E-state index contributed by atoms with van der Waals surface area (Å²) < 4.78 is 5.44. The molecule has 2 N–H and O–H groups in total. The molecule has 0 radical (unpaired) electrons. The summed E-state index contributed by atoms with van der Waals surface area (Å²) in [5.41, 5.74) is -0.587. The summed E-state index contributed by atoms with van der Waals surface area (Å²) in [6, 6.07) is 0. The lowest BCUT2D eigenvalue weighted by Gasteiger charge is -2.31. The molecule has 130 valence electrons. The molecule has 2 rings (SSSR count). The van der Waals surface area contributed by atoms with Crippen LogP contribution in [-0.4, -0.2) is 61.5 Å². The highest BCUT2D eigenvalue weighted by molar-refractivity contribution is 14.0. The average molecular weight is 425 g/mol. The molecule has 1 aliphatic heterocycles. The lowest BCUT2D eigenvalue weighted by molar-refractivity contribution is 0.0130. The molecule has 2 fully saturated rings. The maximum atomic E-state index is 10.6. The zero-order chi connectivity index (χ0) is 15.1. The minimum absolute atomic E-state index is 0. The van der Waals surface area contributed by atoms with Gasteiger partial charge in [0.2, 0.25) is 0 Å². The van der Waals surface area contributed by atoms with Gasteiger partial charge in [-0.25, -0.2) is 0 Å². The number of ether oxygens (including phenoxy) is 1. The second-order valence-electron chi connectivity index (χ2n) is 6.57. The van der Waals surface area contributed by atoms with Crippen LogP contribution >= 0.6 is 24.0 Å².